The molecule has 74 valence electrons. The quantitative estimate of drug-likeness (QED) is 0.490. The molecule has 0 heterocycles. The Labute approximate surface area is 77.8 Å². The molecule has 0 aliphatic rings. The highest BCUT2D eigenvalue weighted by atomic mass is 28.4. The Kier molecular flexibility index (Phi) is 6.71. The van der Waals surface area contributed by atoms with Gasteiger partial charge < -0.3 is 9.74 Å². The van der Waals surface area contributed by atoms with Gasteiger partial charge in [-0.15, -0.1) is 0 Å². The molecule has 0 aromatic carbocycles. The molecular weight excluding hydrogens is 166 g/mol. The SMILES string of the molecule is CCCO[Si](C)(C)CCCNC. The highest BCUT2D eigenvalue weighted by Crippen LogP contribution is 2.13. The predicted molar refractivity (Wildman–Crippen MR) is 57.1 cm³/mol. The van der Waals surface area contributed by atoms with Crippen LogP contribution in [0.25, 0.3) is 0 Å². The highest BCUT2D eigenvalue weighted by molar-refractivity contribution is 6.71. The molecule has 0 unspecified atom stereocenters. The molecule has 0 aliphatic heterocycles. The van der Waals surface area contributed by atoms with Gasteiger partial charge in [0, 0.05) is 6.61 Å². The van der Waals surface area contributed by atoms with Crippen molar-refractivity contribution < 1.29 is 4.43 Å². The van der Waals surface area contributed by atoms with Crippen LogP contribution in [0.3, 0.4) is 0 Å². The molecule has 0 rings (SSSR count). The van der Waals surface area contributed by atoms with E-state index in [9.17, 15) is 0 Å². The first-order valence-corrected chi connectivity index (χ1v) is 8.02. The molecule has 0 spiro atoms. The van der Waals surface area contributed by atoms with E-state index >= 15 is 0 Å². The van der Waals surface area contributed by atoms with Crippen molar-refractivity contribution in [3.8, 4) is 0 Å². The third kappa shape index (κ3) is 6.82. The van der Waals surface area contributed by atoms with Gasteiger partial charge in [0.05, 0.1) is 0 Å². The summed E-state index contributed by atoms with van der Waals surface area (Å²) in [6, 6.07) is 1.27. The second-order valence-corrected chi connectivity index (χ2v) is 8.12. The highest BCUT2D eigenvalue weighted by Gasteiger charge is 2.20. The average molecular weight is 189 g/mol. The van der Waals surface area contributed by atoms with E-state index in [1.165, 1.54) is 12.5 Å². The van der Waals surface area contributed by atoms with Gasteiger partial charge in [0.2, 0.25) is 0 Å². The van der Waals surface area contributed by atoms with Crippen LogP contribution in [0.2, 0.25) is 19.1 Å². The van der Waals surface area contributed by atoms with Gasteiger partial charge in [-0.2, -0.15) is 0 Å². The first-order valence-electron chi connectivity index (χ1n) is 4.91. The predicted octanol–water partition coefficient (Wildman–Crippen LogP) is 2.23. The number of hydrogen-bond acceptors (Lipinski definition) is 2. The normalized spacial score (nSPS) is 12.0. The summed E-state index contributed by atoms with van der Waals surface area (Å²) in [5.41, 5.74) is 0. The smallest absolute Gasteiger partial charge is 0.186 e. The lowest BCUT2D eigenvalue weighted by atomic mass is 10.5. The zero-order valence-corrected chi connectivity index (χ0v) is 9.94. The maximum atomic E-state index is 5.84. The molecule has 2 nitrogen and oxygen atoms in total. The number of rotatable bonds is 7. The van der Waals surface area contributed by atoms with E-state index < -0.39 is 8.32 Å². The van der Waals surface area contributed by atoms with Crippen LogP contribution >= 0.6 is 0 Å². The van der Waals surface area contributed by atoms with Gasteiger partial charge >= 0.3 is 0 Å². The van der Waals surface area contributed by atoms with Gasteiger partial charge in [0.1, 0.15) is 0 Å². The Morgan fingerprint density at radius 2 is 2.00 bits per heavy atom. The van der Waals surface area contributed by atoms with Crippen LogP contribution in [-0.4, -0.2) is 28.5 Å². The topological polar surface area (TPSA) is 21.3 Å². The van der Waals surface area contributed by atoms with E-state index in [1.54, 1.807) is 0 Å². The van der Waals surface area contributed by atoms with Crippen molar-refractivity contribution >= 4 is 8.32 Å². The zero-order valence-electron chi connectivity index (χ0n) is 8.94. The molecule has 1 N–H and O–H groups in total. The lowest BCUT2D eigenvalue weighted by molar-refractivity contribution is 0.305. The molecule has 0 aliphatic carbocycles. The van der Waals surface area contributed by atoms with Gasteiger partial charge in [0.15, 0.2) is 8.32 Å². The van der Waals surface area contributed by atoms with Crippen molar-refractivity contribution in [3.63, 3.8) is 0 Å². The fourth-order valence-corrected chi connectivity index (χ4v) is 3.07. The summed E-state index contributed by atoms with van der Waals surface area (Å²) in [5, 5.41) is 3.16. The van der Waals surface area contributed by atoms with Crippen LogP contribution in [-0.2, 0) is 4.43 Å². The van der Waals surface area contributed by atoms with Gasteiger partial charge in [-0.25, -0.2) is 0 Å². The molecule has 0 atom stereocenters. The Hall–Kier alpha value is 0.137. The monoisotopic (exact) mass is 189 g/mol. The van der Waals surface area contributed by atoms with Crippen molar-refractivity contribution in [2.75, 3.05) is 20.2 Å². The molecule has 0 saturated heterocycles. The molecular formula is C9H23NOSi. The fraction of sp³-hybridized carbons (Fsp3) is 1.00. The number of nitrogens with one attached hydrogen (secondary N) is 1. The van der Waals surface area contributed by atoms with Crippen LogP contribution in [0.15, 0.2) is 0 Å². The van der Waals surface area contributed by atoms with Gasteiger partial charge in [-0.05, 0) is 45.6 Å². The van der Waals surface area contributed by atoms with Gasteiger partial charge in [-0.1, -0.05) is 6.92 Å². The zero-order chi connectivity index (χ0) is 9.45. The minimum absolute atomic E-state index is 0.943. The van der Waals surface area contributed by atoms with Crippen LogP contribution < -0.4 is 5.32 Å². The van der Waals surface area contributed by atoms with Crippen molar-refractivity contribution in [2.24, 2.45) is 0 Å². The molecule has 0 saturated carbocycles. The Morgan fingerprint density at radius 3 is 2.50 bits per heavy atom. The standard InChI is InChI=1S/C9H23NOSi/c1-5-8-11-12(3,4)9-6-7-10-2/h10H,5-9H2,1-4H3. The van der Waals surface area contributed by atoms with Crippen LogP contribution in [0, 0.1) is 0 Å². The molecule has 0 fully saturated rings. The van der Waals surface area contributed by atoms with Crippen LogP contribution in [0.4, 0.5) is 0 Å². The molecule has 0 amide bonds. The second kappa shape index (κ2) is 6.63. The third-order valence-electron chi connectivity index (χ3n) is 1.90. The molecule has 0 aromatic heterocycles. The Bertz CT molecular complexity index is 107. The molecule has 0 aromatic rings. The van der Waals surface area contributed by atoms with E-state index in [2.05, 4.69) is 25.3 Å². The summed E-state index contributed by atoms with van der Waals surface area (Å²) >= 11 is 0. The van der Waals surface area contributed by atoms with Crippen LogP contribution in [0.1, 0.15) is 19.8 Å². The molecule has 12 heavy (non-hydrogen) atoms. The van der Waals surface area contributed by atoms with E-state index in [-0.39, 0.29) is 0 Å². The number of hydrogen-bond donors (Lipinski definition) is 1. The first-order chi connectivity index (χ1) is 5.62. The molecule has 0 radical (unpaired) electrons. The van der Waals surface area contributed by atoms with Gasteiger partial charge in [-0.3, -0.25) is 0 Å². The summed E-state index contributed by atoms with van der Waals surface area (Å²) in [6.45, 7) is 8.83. The van der Waals surface area contributed by atoms with E-state index in [4.69, 9.17) is 4.43 Å². The summed E-state index contributed by atoms with van der Waals surface area (Å²) in [6.07, 6.45) is 2.39. The van der Waals surface area contributed by atoms with Crippen LogP contribution in [0.5, 0.6) is 0 Å². The summed E-state index contributed by atoms with van der Waals surface area (Å²) in [5.74, 6) is 0. The van der Waals surface area contributed by atoms with Crippen molar-refractivity contribution in [1.29, 1.82) is 0 Å². The minimum Gasteiger partial charge on any atom is -0.417 e. The molecule has 3 heteroatoms. The van der Waals surface area contributed by atoms with Gasteiger partial charge in [0.25, 0.3) is 0 Å². The summed E-state index contributed by atoms with van der Waals surface area (Å²) < 4.78 is 5.84. The maximum absolute atomic E-state index is 5.84. The first kappa shape index (κ1) is 12.1. The Morgan fingerprint density at radius 1 is 1.33 bits per heavy atom. The average Bonchev–Trinajstić information content (AvgIpc) is 2.01. The Balaban J connectivity index is 3.42. The lowest BCUT2D eigenvalue weighted by Gasteiger charge is -2.22. The summed E-state index contributed by atoms with van der Waals surface area (Å²) in [4.78, 5) is 0. The van der Waals surface area contributed by atoms with Crippen molar-refractivity contribution in [2.45, 2.75) is 38.9 Å². The van der Waals surface area contributed by atoms with E-state index in [1.807, 2.05) is 7.05 Å². The minimum atomic E-state index is -1.30. The molecule has 0 bridgehead atoms. The summed E-state index contributed by atoms with van der Waals surface area (Å²) in [7, 11) is 0.700. The fourth-order valence-electron chi connectivity index (χ4n) is 1.14. The van der Waals surface area contributed by atoms with Crippen molar-refractivity contribution in [3.05, 3.63) is 0 Å². The largest absolute Gasteiger partial charge is 0.417 e. The van der Waals surface area contributed by atoms with E-state index in [0.717, 1.165) is 19.6 Å². The van der Waals surface area contributed by atoms with Crippen molar-refractivity contribution in [1.82, 2.24) is 5.32 Å². The maximum Gasteiger partial charge on any atom is 0.186 e. The lowest BCUT2D eigenvalue weighted by Crippen LogP contribution is -2.31. The van der Waals surface area contributed by atoms with E-state index in [0.29, 0.717) is 0 Å². The third-order valence-corrected chi connectivity index (χ3v) is 4.45. The second-order valence-electron chi connectivity index (χ2n) is 3.82.